The van der Waals surface area contributed by atoms with E-state index in [0.717, 1.165) is 0 Å². The van der Waals surface area contributed by atoms with Gasteiger partial charge in [-0.2, -0.15) is 0 Å². The second kappa shape index (κ2) is 3.57. The SMILES string of the molecule is C#CC(CC)C(=O)S. The van der Waals surface area contributed by atoms with Crippen LogP contribution in [0, 0.1) is 18.3 Å². The van der Waals surface area contributed by atoms with Crippen LogP contribution in [-0.4, -0.2) is 5.12 Å². The summed E-state index contributed by atoms with van der Waals surface area (Å²) in [5.74, 6) is 2.03. The molecule has 1 atom stereocenters. The number of rotatable bonds is 2. The molecule has 8 heavy (non-hydrogen) atoms. The van der Waals surface area contributed by atoms with Gasteiger partial charge in [0.05, 0.1) is 5.92 Å². The van der Waals surface area contributed by atoms with E-state index in [2.05, 4.69) is 18.5 Å². The molecule has 0 spiro atoms. The van der Waals surface area contributed by atoms with Gasteiger partial charge in [-0.1, -0.05) is 12.8 Å². The number of carbonyl (C=O) groups is 1. The maximum absolute atomic E-state index is 10.3. The zero-order chi connectivity index (χ0) is 6.57. The molecule has 0 saturated carbocycles. The smallest absolute Gasteiger partial charge is 0.200 e. The molecule has 0 aromatic rings. The third-order valence-corrected chi connectivity index (χ3v) is 1.22. The Morgan fingerprint density at radius 1 is 2.00 bits per heavy atom. The summed E-state index contributed by atoms with van der Waals surface area (Å²) in [6.07, 6.45) is 5.64. The molecule has 0 aliphatic heterocycles. The Hall–Kier alpha value is -0.420. The van der Waals surface area contributed by atoms with E-state index in [1.807, 2.05) is 6.92 Å². The monoisotopic (exact) mass is 128 g/mol. The highest BCUT2D eigenvalue weighted by atomic mass is 32.1. The van der Waals surface area contributed by atoms with Crippen LogP contribution in [0.5, 0.6) is 0 Å². The van der Waals surface area contributed by atoms with Gasteiger partial charge < -0.3 is 0 Å². The lowest BCUT2D eigenvalue weighted by molar-refractivity contribution is -0.112. The molecule has 0 radical (unpaired) electrons. The van der Waals surface area contributed by atoms with Gasteiger partial charge in [0, 0.05) is 0 Å². The lowest BCUT2D eigenvalue weighted by Gasteiger charge is -1.96. The highest BCUT2D eigenvalue weighted by Crippen LogP contribution is 2.03. The third kappa shape index (κ3) is 2.04. The van der Waals surface area contributed by atoms with Crippen molar-refractivity contribution in [2.24, 2.45) is 5.92 Å². The summed E-state index contributed by atoms with van der Waals surface area (Å²) in [4.78, 5) is 10.3. The quantitative estimate of drug-likeness (QED) is 0.435. The summed E-state index contributed by atoms with van der Waals surface area (Å²) < 4.78 is 0. The van der Waals surface area contributed by atoms with E-state index in [-0.39, 0.29) is 11.0 Å². The number of hydrogen-bond donors (Lipinski definition) is 1. The van der Waals surface area contributed by atoms with Gasteiger partial charge in [0.1, 0.15) is 0 Å². The predicted molar refractivity (Wildman–Crippen MR) is 36.6 cm³/mol. The normalized spacial score (nSPS) is 12.1. The van der Waals surface area contributed by atoms with Gasteiger partial charge in [0.15, 0.2) is 0 Å². The molecule has 0 amide bonds. The Bertz CT molecular complexity index is 123. The summed E-state index contributed by atoms with van der Waals surface area (Å²) in [6, 6.07) is 0. The Kier molecular flexibility index (Phi) is 3.38. The van der Waals surface area contributed by atoms with Crippen molar-refractivity contribution in [3.8, 4) is 12.3 Å². The van der Waals surface area contributed by atoms with Crippen LogP contribution in [0.15, 0.2) is 0 Å². The average Bonchev–Trinajstić information content (AvgIpc) is 1.69. The van der Waals surface area contributed by atoms with Gasteiger partial charge in [-0.25, -0.2) is 0 Å². The molecule has 0 rings (SSSR count). The summed E-state index contributed by atoms with van der Waals surface area (Å²) in [5, 5.41) is -0.213. The highest BCUT2D eigenvalue weighted by molar-refractivity contribution is 7.96. The number of thiol groups is 1. The van der Waals surface area contributed by atoms with Crippen molar-refractivity contribution >= 4 is 17.7 Å². The largest absolute Gasteiger partial charge is 0.286 e. The van der Waals surface area contributed by atoms with Crippen LogP contribution < -0.4 is 0 Å². The minimum Gasteiger partial charge on any atom is -0.286 e. The van der Waals surface area contributed by atoms with Crippen LogP contribution in [0.3, 0.4) is 0 Å². The molecule has 2 heteroatoms. The van der Waals surface area contributed by atoms with E-state index < -0.39 is 0 Å². The highest BCUT2D eigenvalue weighted by Gasteiger charge is 2.06. The molecule has 0 aliphatic rings. The van der Waals surface area contributed by atoms with Gasteiger partial charge in [-0.05, 0) is 6.42 Å². The molecule has 44 valence electrons. The molecule has 0 aromatic carbocycles. The fourth-order valence-corrected chi connectivity index (χ4v) is 0.621. The molecule has 0 N–H and O–H groups in total. The van der Waals surface area contributed by atoms with E-state index >= 15 is 0 Å². The van der Waals surface area contributed by atoms with Gasteiger partial charge >= 0.3 is 0 Å². The van der Waals surface area contributed by atoms with Crippen molar-refractivity contribution in [3.05, 3.63) is 0 Å². The van der Waals surface area contributed by atoms with Gasteiger partial charge in [-0.15, -0.1) is 19.1 Å². The molecule has 0 aromatic heterocycles. The van der Waals surface area contributed by atoms with Crippen molar-refractivity contribution in [1.29, 1.82) is 0 Å². The van der Waals surface area contributed by atoms with Gasteiger partial charge in [0.2, 0.25) is 5.12 Å². The van der Waals surface area contributed by atoms with E-state index in [1.54, 1.807) is 0 Å². The molecule has 1 unspecified atom stereocenters. The van der Waals surface area contributed by atoms with E-state index in [4.69, 9.17) is 6.42 Å². The minimum atomic E-state index is -0.293. The first-order valence-electron chi connectivity index (χ1n) is 2.41. The Balaban J connectivity index is 3.76. The summed E-state index contributed by atoms with van der Waals surface area (Å²) >= 11 is 3.57. The second-order valence-corrected chi connectivity index (χ2v) is 1.91. The van der Waals surface area contributed by atoms with Crippen LogP contribution in [0.1, 0.15) is 13.3 Å². The summed E-state index contributed by atoms with van der Waals surface area (Å²) in [6.45, 7) is 1.86. The first-order valence-corrected chi connectivity index (χ1v) is 2.86. The standard InChI is InChI=1S/C6H8OS/c1-3-5(4-2)6(7)8/h1,5H,4H2,2H3,(H,7,8). The first-order chi connectivity index (χ1) is 3.72. The molecular weight excluding hydrogens is 120 g/mol. The maximum Gasteiger partial charge on any atom is 0.200 e. The van der Waals surface area contributed by atoms with Crippen molar-refractivity contribution in [2.75, 3.05) is 0 Å². The van der Waals surface area contributed by atoms with E-state index in [1.165, 1.54) is 0 Å². The Morgan fingerprint density at radius 3 is 2.50 bits per heavy atom. The van der Waals surface area contributed by atoms with Crippen LogP contribution >= 0.6 is 12.6 Å². The maximum atomic E-state index is 10.3. The van der Waals surface area contributed by atoms with Crippen molar-refractivity contribution in [2.45, 2.75) is 13.3 Å². The molecule has 0 saturated heterocycles. The molecule has 0 fully saturated rings. The molecule has 0 bridgehead atoms. The van der Waals surface area contributed by atoms with Crippen LogP contribution in [0.4, 0.5) is 0 Å². The predicted octanol–water partition coefficient (Wildman–Crippen LogP) is 1.10. The Labute approximate surface area is 54.9 Å². The molecule has 0 aliphatic carbocycles. The van der Waals surface area contributed by atoms with Crippen LogP contribution in [-0.2, 0) is 4.79 Å². The van der Waals surface area contributed by atoms with Crippen LogP contribution in [0.25, 0.3) is 0 Å². The topological polar surface area (TPSA) is 17.1 Å². The Morgan fingerprint density at radius 2 is 2.50 bits per heavy atom. The second-order valence-electron chi connectivity index (χ2n) is 1.47. The zero-order valence-electron chi connectivity index (χ0n) is 4.72. The van der Waals surface area contributed by atoms with Gasteiger partial charge in [-0.3, -0.25) is 4.79 Å². The zero-order valence-corrected chi connectivity index (χ0v) is 5.61. The van der Waals surface area contributed by atoms with E-state index in [9.17, 15) is 4.79 Å². The number of hydrogen-bond acceptors (Lipinski definition) is 1. The summed E-state index contributed by atoms with van der Waals surface area (Å²) in [5.41, 5.74) is 0. The lowest BCUT2D eigenvalue weighted by Crippen LogP contribution is -2.02. The van der Waals surface area contributed by atoms with Crippen molar-refractivity contribution in [3.63, 3.8) is 0 Å². The fraction of sp³-hybridized carbons (Fsp3) is 0.500. The van der Waals surface area contributed by atoms with Crippen molar-refractivity contribution in [1.82, 2.24) is 0 Å². The number of carbonyl (C=O) groups excluding carboxylic acids is 1. The first kappa shape index (κ1) is 7.58. The number of terminal acetylenes is 1. The molecular formula is C6H8OS. The fourth-order valence-electron chi connectivity index (χ4n) is 0.364. The third-order valence-electron chi connectivity index (χ3n) is 0.908. The summed E-state index contributed by atoms with van der Waals surface area (Å²) in [7, 11) is 0. The average molecular weight is 128 g/mol. The van der Waals surface area contributed by atoms with E-state index in [0.29, 0.717) is 6.42 Å². The van der Waals surface area contributed by atoms with Crippen LogP contribution in [0.2, 0.25) is 0 Å². The lowest BCUT2D eigenvalue weighted by atomic mass is 10.1. The van der Waals surface area contributed by atoms with Crippen molar-refractivity contribution < 1.29 is 4.79 Å². The molecule has 0 heterocycles. The minimum absolute atomic E-state index is 0.213. The molecule has 1 nitrogen and oxygen atoms in total. The van der Waals surface area contributed by atoms with Gasteiger partial charge in [0.25, 0.3) is 0 Å².